The van der Waals surface area contributed by atoms with Crippen molar-refractivity contribution in [1.29, 1.82) is 0 Å². The average molecular weight is 385 g/mol. The molecule has 0 bridgehead atoms. The molecule has 0 amide bonds. The third-order valence-electron chi connectivity index (χ3n) is 10.1. The van der Waals surface area contributed by atoms with Gasteiger partial charge in [0.05, 0.1) is 6.26 Å². The predicted octanol–water partition coefficient (Wildman–Crippen LogP) is 7.92. The molecule has 1 heteroatoms. The molecular weight excluding hydrogens is 340 g/mol. The monoisotopic (exact) mass is 384 g/mol. The number of unbranched alkanes of at least 4 members (excludes halogenated alkanes) is 1. The van der Waals surface area contributed by atoms with Gasteiger partial charge in [0.1, 0.15) is 6.10 Å². The van der Waals surface area contributed by atoms with Crippen molar-refractivity contribution in [1.82, 2.24) is 0 Å². The molecular formula is C27H44O. The Hall–Kier alpha value is -0.720. The number of fused-ring (bicyclic) bond motifs is 5. The van der Waals surface area contributed by atoms with Crippen LogP contribution in [0.4, 0.5) is 0 Å². The molecule has 0 aromatic rings. The van der Waals surface area contributed by atoms with E-state index in [0.29, 0.717) is 16.9 Å². The van der Waals surface area contributed by atoms with E-state index < -0.39 is 0 Å². The molecule has 3 saturated carbocycles. The molecule has 1 nitrogen and oxygen atoms in total. The van der Waals surface area contributed by atoms with Crippen molar-refractivity contribution in [3.05, 3.63) is 24.5 Å². The lowest BCUT2D eigenvalue weighted by Gasteiger charge is -2.58. The first kappa shape index (κ1) is 20.5. The van der Waals surface area contributed by atoms with E-state index in [4.69, 9.17) is 4.74 Å². The Labute approximate surface area is 174 Å². The lowest BCUT2D eigenvalue weighted by Crippen LogP contribution is -2.50. The minimum atomic E-state index is 0.373. The normalized spacial score (nSPS) is 46.0. The van der Waals surface area contributed by atoms with Gasteiger partial charge in [-0.25, -0.2) is 0 Å². The fourth-order valence-electron chi connectivity index (χ4n) is 8.58. The van der Waals surface area contributed by atoms with E-state index in [1.807, 2.05) is 0 Å². The second-order valence-electron chi connectivity index (χ2n) is 11.3. The topological polar surface area (TPSA) is 9.23 Å². The van der Waals surface area contributed by atoms with E-state index >= 15 is 0 Å². The van der Waals surface area contributed by atoms with Crippen LogP contribution in [0, 0.1) is 40.4 Å². The van der Waals surface area contributed by atoms with Gasteiger partial charge in [-0.3, -0.25) is 0 Å². The van der Waals surface area contributed by atoms with E-state index in [0.717, 1.165) is 36.0 Å². The van der Waals surface area contributed by atoms with Crippen molar-refractivity contribution >= 4 is 0 Å². The van der Waals surface area contributed by atoms with Crippen LogP contribution in [0.1, 0.15) is 98.3 Å². The number of ether oxygens (including phenoxy) is 1. The Morgan fingerprint density at radius 2 is 2.00 bits per heavy atom. The van der Waals surface area contributed by atoms with Gasteiger partial charge in [0, 0.05) is 6.42 Å². The van der Waals surface area contributed by atoms with E-state index in [-0.39, 0.29) is 0 Å². The van der Waals surface area contributed by atoms with Crippen LogP contribution >= 0.6 is 0 Å². The summed E-state index contributed by atoms with van der Waals surface area (Å²) in [6, 6.07) is 0. The molecule has 0 aromatic carbocycles. The van der Waals surface area contributed by atoms with Crippen LogP contribution < -0.4 is 0 Å². The summed E-state index contributed by atoms with van der Waals surface area (Å²) in [5, 5.41) is 0. The summed E-state index contributed by atoms with van der Waals surface area (Å²) >= 11 is 0. The molecule has 0 radical (unpaired) electrons. The molecule has 4 aliphatic rings. The molecule has 4 aliphatic carbocycles. The average Bonchev–Trinajstić information content (AvgIpc) is 3.04. The molecule has 158 valence electrons. The molecule has 0 N–H and O–H groups in total. The van der Waals surface area contributed by atoms with Crippen LogP contribution in [0.2, 0.25) is 0 Å². The van der Waals surface area contributed by atoms with Gasteiger partial charge in [-0.1, -0.05) is 65.2 Å². The van der Waals surface area contributed by atoms with Gasteiger partial charge < -0.3 is 4.74 Å². The van der Waals surface area contributed by atoms with Gasteiger partial charge >= 0.3 is 0 Å². The fraction of sp³-hybridized carbons (Fsp3) is 0.852. The zero-order valence-electron chi connectivity index (χ0n) is 19.0. The fourth-order valence-corrected chi connectivity index (χ4v) is 8.58. The summed E-state index contributed by atoms with van der Waals surface area (Å²) in [4.78, 5) is 0. The summed E-state index contributed by atoms with van der Waals surface area (Å²) in [6.07, 6.45) is 19.9. The minimum Gasteiger partial charge on any atom is -0.498 e. The Morgan fingerprint density at radius 1 is 1.18 bits per heavy atom. The lowest BCUT2D eigenvalue weighted by molar-refractivity contribution is -0.0579. The van der Waals surface area contributed by atoms with E-state index in [1.54, 1.807) is 11.8 Å². The van der Waals surface area contributed by atoms with Gasteiger partial charge in [0.2, 0.25) is 0 Å². The van der Waals surface area contributed by atoms with Gasteiger partial charge in [-0.2, -0.15) is 0 Å². The van der Waals surface area contributed by atoms with Crippen LogP contribution in [0.15, 0.2) is 24.5 Å². The highest BCUT2D eigenvalue weighted by molar-refractivity contribution is 5.25. The Morgan fingerprint density at radius 3 is 2.75 bits per heavy atom. The van der Waals surface area contributed by atoms with Crippen LogP contribution in [0.25, 0.3) is 0 Å². The summed E-state index contributed by atoms with van der Waals surface area (Å²) in [7, 11) is 0. The molecule has 4 rings (SSSR count). The second kappa shape index (κ2) is 7.84. The van der Waals surface area contributed by atoms with Gasteiger partial charge in [0.25, 0.3) is 0 Å². The maximum absolute atomic E-state index is 5.79. The third-order valence-corrected chi connectivity index (χ3v) is 10.1. The quantitative estimate of drug-likeness (QED) is 0.334. The number of rotatable bonds is 6. The second-order valence-corrected chi connectivity index (χ2v) is 11.3. The van der Waals surface area contributed by atoms with Crippen LogP contribution in [0.5, 0.6) is 0 Å². The molecule has 0 aromatic heterocycles. The van der Waals surface area contributed by atoms with Crippen LogP contribution in [0.3, 0.4) is 0 Å². The SMILES string of the molecule is C=COC1CCC2(C)C(=CCC3C2CCC2(C)C(C(C)CCCC)CCC32)C1. The number of hydrogen-bond donors (Lipinski definition) is 0. The molecule has 0 saturated heterocycles. The largest absolute Gasteiger partial charge is 0.498 e. The molecule has 3 fully saturated rings. The van der Waals surface area contributed by atoms with Crippen LogP contribution in [-0.4, -0.2) is 6.10 Å². The zero-order chi connectivity index (χ0) is 19.9. The Bertz CT molecular complexity index is 605. The highest BCUT2D eigenvalue weighted by atomic mass is 16.5. The lowest BCUT2D eigenvalue weighted by atomic mass is 9.47. The molecule has 0 aliphatic heterocycles. The molecule has 8 atom stereocenters. The predicted molar refractivity (Wildman–Crippen MR) is 119 cm³/mol. The zero-order valence-corrected chi connectivity index (χ0v) is 19.0. The van der Waals surface area contributed by atoms with E-state index in [1.165, 1.54) is 64.2 Å². The highest BCUT2D eigenvalue weighted by Gasteiger charge is 2.59. The maximum Gasteiger partial charge on any atom is 0.102 e. The summed E-state index contributed by atoms with van der Waals surface area (Å²) in [6.45, 7) is 14.0. The standard InChI is InChI=1S/C27H44O/c1-6-8-9-19(3)23-12-13-24-22-11-10-20-18-21(28-7-2)14-16-26(20,4)25(22)15-17-27(23,24)5/h7,10,19,21-25H,2,6,8-9,11-18H2,1,3-5H3. The molecule has 8 unspecified atom stereocenters. The summed E-state index contributed by atoms with van der Waals surface area (Å²) in [5.41, 5.74) is 2.78. The first-order valence-electron chi connectivity index (χ1n) is 12.4. The van der Waals surface area contributed by atoms with Crippen molar-refractivity contribution in [2.24, 2.45) is 40.4 Å². The van der Waals surface area contributed by atoms with Gasteiger partial charge in [-0.05, 0) is 85.4 Å². The van der Waals surface area contributed by atoms with E-state index in [9.17, 15) is 0 Å². The first-order chi connectivity index (χ1) is 13.4. The van der Waals surface area contributed by atoms with Crippen molar-refractivity contribution < 1.29 is 4.74 Å². The number of allylic oxidation sites excluding steroid dienone is 1. The maximum atomic E-state index is 5.79. The van der Waals surface area contributed by atoms with Crippen molar-refractivity contribution in [2.45, 2.75) is 104 Å². The molecule has 0 heterocycles. The van der Waals surface area contributed by atoms with Gasteiger partial charge in [-0.15, -0.1) is 0 Å². The van der Waals surface area contributed by atoms with Gasteiger partial charge in [0.15, 0.2) is 0 Å². The van der Waals surface area contributed by atoms with Crippen molar-refractivity contribution in [3.8, 4) is 0 Å². The summed E-state index contributed by atoms with van der Waals surface area (Å²) in [5.74, 6) is 4.72. The van der Waals surface area contributed by atoms with Crippen molar-refractivity contribution in [2.75, 3.05) is 0 Å². The minimum absolute atomic E-state index is 0.373. The molecule has 28 heavy (non-hydrogen) atoms. The number of hydrogen-bond acceptors (Lipinski definition) is 1. The van der Waals surface area contributed by atoms with E-state index in [2.05, 4.69) is 40.3 Å². The summed E-state index contributed by atoms with van der Waals surface area (Å²) < 4.78 is 5.79. The molecule has 0 spiro atoms. The third kappa shape index (κ3) is 3.20. The smallest absolute Gasteiger partial charge is 0.102 e. The first-order valence-corrected chi connectivity index (χ1v) is 12.4. The van der Waals surface area contributed by atoms with Crippen LogP contribution in [-0.2, 0) is 4.74 Å². The van der Waals surface area contributed by atoms with Crippen molar-refractivity contribution in [3.63, 3.8) is 0 Å². The highest BCUT2D eigenvalue weighted by Crippen LogP contribution is 2.67. The Kier molecular flexibility index (Phi) is 5.75. The Balaban J connectivity index is 1.53.